The Bertz CT molecular complexity index is 396. The van der Waals surface area contributed by atoms with Crippen LogP contribution in [-0.4, -0.2) is 43.1 Å². The molecule has 0 saturated carbocycles. The standard InChI is InChI=1S/C13H22N2O2S/c1-13(2,3)12-14-9-10(18-12)11(16)15(4)7-6-8-17-5/h9H,6-8H2,1-5H3. The first-order valence-electron chi connectivity index (χ1n) is 6.07. The van der Waals surface area contributed by atoms with Crippen LogP contribution >= 0.6 is 11.3 Å². The fourth-order valence-electron chi connectivity index (χ4n) is 1.46. The molecule has 0 bridgehead atoms. The lowest BCUT2D eigenvalue weighted by molar-refractivity contribution is 0.0784. The van der Waals surface area contributed by atoms with Gasteiger partial charge in [0.2, 0.25) is 0 Å². The lowest BCUT2D eigenvalue weighted by Gasteiger charge is -2.16. The highest BCUT2D eigenvalue weighted by molar-refractivity contribution is 7.13. The van der Waals surface area contributed by atoms with E-state index < -0.39 is 0 Å². The topological polar surface area (TPSA) is 42.4 Å². The number of thiazole rings is 1. The summed E-state index contributed by atoms with van der Waals surface area (Å²) in [7, 11) is 3.48. The van der Waals surface area contributed by atoms with Gasteiger partial charge in [0, 0.05) is 32.7 Å². The minimum Gasteiger partial charge on any atom is -0.385 e. The van der Waals surface area contributed by atoms with Gasteiger partial charge in [-0.3, -0.25) is 4.79 Å². The summed E-state index contributed by atoms with van der Waals surface area (Å²) in [4.78, 5) is 18.9. The van der Waals surface area contributed by atoms with Crippen molar-refractivity contribution in [2.24, 2.45) is 0 Å². The second kappa shape index (κ2) is 6.29. The van der Waals surface area contributed by atoms with Crippen LogP contribution in [0.5, 0.6) is 0 Å². The minimum absolute atomic E-state index is 0.00216. The molecule has 0 unspecified atom stereocenters. The molecule has 0 saturated heterocycles. The summed E-state index contributed by atoms with van der Waals surface area (Å²) < 4.78 is 4.98. The van der Waals surface area contributed by atoms with Crippen molar-refractivity contribution in [2.75, 3.05) is 27.3 Å². The first kappa shape index (κ1) is 15.1. The van der Waals surface area contributed by atoms with Gasteiger partial charge in [0.15, 0.2) is 0 Å². The zero-order valence-electron chi connectivity index (χ0n) is 11.8. The number of nitrogens with zero attached hydrogens (tertiary/aromatic N) is 2. The summed E-state index contributed by atoms with van der Waals surface area (Å²) in [5, 5.41) is 0.996. The molecule has 1 heterocycles. The average Bonchev–Trinajstić information content (AvgIpc) is 2.77. The minimum atomic E-state index is -0.00216. The summed E-state index contributed by atoms with van der Waals surface area (Å²) in [5.41, 5.74) is -0.00216. The lowest BCUT2D eigenvalue weighted by atomic mass is 9.98. The molecule has 0 spiro atoms. The van der Waals surface area contributed by atoms with Gasteiger partial charge in [0.1, 0.15) is 4.88 Å². The number of hydrogen-bond acceptors (Lipinski definition) is 4. The highest BCUT2D eigenvalue weighted by Crippen LogP contribution is 2.27. The molecule has 1 rings (SSSR count). The van der Waals surface area contributed by atoms with Crippen molar-refractivity contribution >= 4 is 17.2 Å². The highest BCUT2D eigenvalue weighted by Gasteiger charge is 2.21. The fourth-order valence-corrected chi connectivity index (χ4v) is 2.42. The SMILES string of the molecule is COCCCN(C)C(=O)c1cnc(C(C)(C)C)s1. The molecule has 18 heavy (non-hydrogen) atoms. The van der Waals surface area contributed by atoms with Crippen molar-refractivity contribution < 1.29 is 9.53 Å². The van der Waals surface area contributed by atoms with Gasteiger partial charge in [-0.1, -0.05) is 20.8 Å². The second-order valence-corrected chi connectivity index (χ2v) is 6.38. The summed E-state index contributed by atoms with van der Waals surface area (Å²) in [6, 6.07) is 0. The van der Waals surface area contributed by atoms with Gasteiger partial charge in [-0.15, -0.1) is 11.3 Å². The molecule has 0 N–H and O–H groups in total. The van der Waals surface area contributed by atoms with Crippen LogP contribution in [0.1, 0.15) is 41.9 Å². The maximum Gasteiger partial charge on any atom is 0.265 e. The normalized spacial score (nSPS) is 11.6. The first-order chi connectivity index (χ1) is 8.36. The monoisotopic (exact) mass is 270 g/mol. The number of ether oxygens (including phenoxy) is 1. The second-order valence-electron chi connectivity index (χ2n) is 5.35. The van der Waals surface area contributed by atoms with E-state index in [1.807, 2.05) is 7.05 Å². The van der Waals surface area contributed by atoms with Gasteiger partial charge in [0.05, 0.1) is 11.2 Å². The molecule has 5 heteroatoms. The van der Waals surface area contributed by atoms with Gasteiger partial charge in [-0.05, 0) is 6.42 Å². The Balaban J connectivity index is 2.64. The molecule has 0 fully saturated rings. The van der Waals surface area contributed by atoms with Crippen molar-refractivity contribution in [1.82, 2.24) is 9.88 Å². The number of carbonyl (C=O) groups is 1. The van der Waals surface area contributed by atoms with Crippen LogP contribution in [0.25, 0.3) is 0 Å². The van der Waals surface area contributed by atoms with Crippen molar-refractivity contribution in [2.45, 2.75) is 32.6 Å². The average molecular weight is 270 g/mol. The molecule has 0 radical (unpaired) electrons. The van der Waals surface area contributed by atoms with Crippen LogP contribution < -0.4 is 0 Å². The highest BCUT2D eigenvalue weighted by atomic mass is 32.1. The van der Waals surface area contributed by atoms with E-state index in [0.29, 0.717) is 18.0 Å². The third kappa shape index (κ3) is 4.07. The number of rotatable bonds is 5. The van der Waals surface area contributed by atoms with Crippen molar-refractivity contribution in [1.29, 1.82) is 0 Å². The molecule has 0 atom stereocenters. The van der Waals surface area contributed by atoms with Crippen LogP contribution in [0.2, 0.25) is 0 Å². The quantitative estimate of drug-likeness (QED) is 0.772. The van der Waals surface area contributed by atoms with Gasteiger partial charge in [-0.25, -0.2) is 4.98 Å². The van der Waals surface area contributed by atoms with E-state index in [2.05, 4.69) is 25.8 Å². The molecule has 1 aromatic heterocycles. The van der Waals surface area contributed by atoms with Crippen LogP contribution in [0.4, 0.5) is 0 Å². The maximum atomic E-state index is 12.1. The Hall–Kier alpha value is -0.940. The Morgan fingerprint density at radius 3 is 2.67 bits per heavy atom. The number of hydrogen-bond donors (Lipinski definition) is 0. The van der Waals surface area contributed by atoms with E-state index in [0.717, 1.165) is 11.4 Å². The van der Waals surface area contributed by atoms with Gasteiger partial charge in [-0.2, -0.15) is 0 Å². The third-order valence-corrected chi connectivity index (χ3v) is 3.96. The summed E-state index contributed by atoms with van der Waals surface area (Å²) in [5.74, 6) is 0.0408. The zero-order valence-corrected chi connectivity index (χ0v) is 12.6. The maximum absolute atomic E-state index is 12.1. The predicted octanol–water partition coefficient (Wildman–Crippen LogP) is 2.55. The molecule has 0 aliphatic carbocycles. The lowest BCUT2D eigenvalue weighted by Crippen LogP contribution is -2.27. The van der Waals surface area contributed by atoms with Crippen LogP contribution in [-0.2, 0) is 10.2 Å². The van der Waals surface area contributed by atoms with Crippen LogP contribution in [0, 0.1) is 0 Å². The van der Waals surface area contributed by atoms with E-state index in [-0.39, 0.29) is 11.3 Å². The number of carbonyl (C=O) groups excluding carboxylic acids is 1. The molecule has 1 aromatic rings. The third-order valence-electron chi connectivity index (χ3n) is 2.55. The number of methoxy groups -OCH3 is 1. The molecule has 0 aliphatic rings. The summed E-state index contributed by atoms with van der Waals surface area (Å²) in [6.45, 7) is 7.68. The van der Waals surface area contributed by atoms with E-state index >= 15 is 0 Å². The summed E-state index contributed by atoms with van der Waals surface area (Å²) in [6.07, 6.45) is 2.53. The largest absolute Gasteiger partial charge is 0.385 e. The predicted molar refractivity (Wildman–Crippen MR) is 74.3 cm³/mol. The Labute approximate surface area is 113 Å². The van der Waals surface area contributed by atoms with Crippen LogP contribution in [0.15, 0.2) is 6.20 Å². The number of aromatic nitrogens is 1. The Kier molecular flexibility index (Phi) is 5.28. The molecule has 1 amide bonds. The molecule has 0 aromatic carbocycles. The first-order valence-corrected chi connectivity index (χ1v) is 6.88. The zero-order chi connectivity index (χ0) is 13.8. The smallest absolute Gasteiger partial charge is 0.265 e. The number of amides is 1. The van der Waals surface area contributed by atoms with Crippen molar-refractivity contribution in [3.05, 3.63) is 16.1 Å². The van der Waals surface area contributed by atoms with Gasteiger partial charge >= 0.3 is 0 Å². The van der Waals surface area contributed by atoms with E-state index in [4.69, 9.17) is 4.74 Å². The molecule has 102 valence electrons. The van der Waals surface area contributed by atoms with Gasteiger partial charge in [0.25, 0.3) is 5.91 Å². The molecule has 0 aliphatic heterocycles. The molecular weight excluding hydrogens is 248 g/mol. The summed E-state index contributed by atoms with van der Waals surface area (Å²) >= 11 is 1.48. The van der Waals surface area contributed by atoms with Crippen molar-refractivity contribution in [3.63, 3.8) is 0 Å². The Morgan fingerprint density at radius 2 is 2.17 bits per heavy atom. The Morgan fingerprint density at radius 1 is 1.50 bits per heavy atom. The molecule has 4 nitrogen and oxygen atoms in total. The molecular formula is C13H22N2O2S. The van der Waals surface area contributed by atoms with E-state index in [1.54, 1.807) is 18.2 Å². The van der Waals surface area contributed by atoms with Crippen LogP contribution in [0.3, 0.4) is 0 Å². The fraction of sp³-hybridized carbons (Fsp3) is 0.692. The van der Waals surface area contributed by atoms with E-state index in [9.17, 15) is 4.79 Å². The van der Waals surface area contributed by atoms with Gasteiger partial charge < -0.3 is 9.64 Å². The van der Waals surface area contributed by atoms with E-state index in [1.165, 1.54) is 11.3 Å². The van der Waals surface area contributed by atoms with Crippen molar-refractivity contribution in [3.8, 4) is 0 Å².